The summed E-state index contributed by atoms with van der Waals surface area (Å²) in [7, 11) is 0. The number of para-hydroxylation sites is 2. The first kappa shape index (κ1) is 32.5. The van der Waals surface area contributed by atoms with Gasteiger partial charge in [0, 0.05) is 33.4 Å². The van der Waals surface area contributed by atoms with Crippen molar-refractivity contribution in [1.29, 1.82) is 0 Å². The third kappa shape index (κ3) is 5.10. The minimum absolute atomic E-state index is 0.323. The van der Waals surface area contributed by atoms with Gasteiger partial charge in [0.2, 0.25) is 0 Å². The highest BCUT2D eigenvalue weighted by Gasteiger charge is 2.53. The summed E-state index contributed by atoms with van der Waals surface area (Å²) in [5, 5.41) is 0. The SMILES string of the molecule is C1=CC2=C(CC1)C1(C3=C2C=CCC3)c2ccccc2Oc2c(-c3ccc(-c4cccc(-c5nc(-c6ccccc6)nc(-c6ccccc6)n5)c4)cc3)cccc21. The molecule has 0 saturated carbocycles. The van der Waals surface area contributed by atoms with E-state index in [0.29, 0.717) is 17.5 Å². The van der Waals surface area contributed by atoms with Gasteiger partial charge in [-0.05, 0) is 76.8 Å². The van der Waals surface area contributed by atoms with E-state index in [-0.39, 0.29) is 5.41 Å². The molecule has 0 amide bonds. The van der Waals surface area contributed by atoms with Gasteiger partial charge in [0.05, 0.1) is 5.41 Å². The van der Waals surface area contributed by atoms with Gasteiger partial charge in [-0.15, -0.1) is 0 Å². The average molecular weight is 720 g/mol. The van der Waals surface area contributed by atoms with E-state index < -0.39 is 0 Å². The highest BCUT2D eigenvalue weighted by Crippen LogP contribution is 2.64. The molecule has 0 unspecified atom stereocenters. The first-order chi connectivity index (χ1) is 27.8. The number of nitrogens with zero attached hydrogens (tertiary/aromatic N) is 3. The number of aromatic nitrogens is 3. The maximum absolute atomic E-state index is 6.97. The quantitative estimate of drug-likeness (QED) is 0.178. The van der Waals surface area contributed by atoms with Crippen LogP contribution in [0.1, 0.15) is 36.8 Å². The lowest BCUT2D eigenvalue weighted by Gasteiger charge is -2.43. The second kappa shape index (κ2) is 13.1. The topological polar surface area (TPSA) is 47.9 Å². The van der Waals surface area contributed by atoms with E-state index in [4.69, 9.17) is 19.7 Å². The minimum atomic E-state index is -0.323. The molecule has 4 nitrogen and oxygen atoms in total. The highest BCUT2D eigenvalue weighted by atomic mass is 16.5. The van der Waals surface area contributed by atoms with E-state index >= 15 is 0 Å². The molecule has 0 N–H and O–H groups in total. The Morgan fingerprint density at radius 1 is 0.429 bits per heavy atom. The van der Waals surface area contributed by atoms with Gasteiger partial charge in [-0.3, -0.25) is 0 Å². The Kier molecular flexibility index (Phi) is 7.63. The Labute approximate surface area is 327 Å². The van der Waals surface area contributed by atoms with Gasteiger partial charge in [0.25, 0.3) is 0 Å². The zero-order chi connectivity index (χ0) is 37.1. The molecule has 0 atom stereocenters. The summed E-state index contributed by atoms with van der Waals surface area (Å²) >= 11 is 0. The van der Waals surface area contributed by atoms with Crippen LogP contribution in [0.4, 0.5) is 0 Å². The van der Waals surface area contributed by atoms with Crippen molar-refractivity contribution in [3.8, 4) is 67.9 Å². The molecule has 7 aromatic rings. The third-order valence-corrected chi connectivity index (χ3v) is 11.8. The molecule has 266 valence electrons. The molecule has 3 aliphatic carbocycles. The summed E-state index contributed by atoms with van der Waals surface area (Å²) in [6.45, 7) is 0. The van der Waals surface area contributed by atoms with Crippen LogP contribution in [0, 0.1) is 0 Å². The lowest BCUT2D eigenvalue weighted by Crippen LogP contribution is -2.35. The number of hydrogen-bond donors (Lipinski definition) is 0. The Bertz CT molecular complexity index is 2720. The Morgan fingerprint density at radius 3 is 1.61 bits per heavy atom. The Hall–Kier alpha value is -6.91. The van der Waals surface area contributed by atoms with Gasteiger partial charge < -0.3 is 4.74 Å². The standard InChI is InChI=1S/C52H37N3O/c1-3-15-36(16-4-1)49-53-50(37-17-5-2-6-18-37)55-51(54-49)39-20-13-19-38(33-39)34-29-31-35(32-30-34)40-23-14-27-46-48(40)56-47-28-12-11-26-45(47)52(46)43-24-9-7-21-41(43)42-22-8-10-25-44(42)52/h1-8,11-23,26-33H,9-10,24-25H2. The van der Waals surface area contributed by atoms with Crippen molar-refractivity contribution in [2.75, 3.05) is 0 Å². The number of benzene rings is 6. The number of ether oxygens (including phenoxy) is 1. The molecule has 4 aliphatic rings. The van der Waals surface area contributed by atoms with E-state index in [9.17, 15) is 0 Å². The van der Waals surface area contributed by atoms with E-state index in [0.717, 1.165) is 76.1 Å². The Balaban J connectivity index is 0.991. The van der Waals surface area contributed by atoms with Crippen molar-refractivity contribution in [2.24, 2.45) is 0 Å². The van der Waals surface area contributed by atoms with Gasteiger partial charge in [-0.25, -0.2) is 15.0 Å². The fourth-order valence-corrected chi connectivity index (χ4v) is 9.35. The summed E-state index contributed by atoms with van der Waals surface area (Å²) < 4.78 is 6.97. The predicted molar refractivity (Wildman–Crippen MR) is 225 cm³/mol. The molecule has 1 aromatic heterocycles. The van der Waals surface area contributed by atoms with Crippen LogP contribution in [0.25, 0.3) is 56.4 Å². The van der Waals surface area contributed by atoms with E-state index in [1.807, 2.05) is 60.7 Å². The minimum Gasteiger partial charge on any atom is -0.456 e. The van der Waals surface area contributed by atoms with Crippen molar-refractivity contribution in [3.05, 3.63) is 209 Å². The molecule has 1 aliphatic heterocycles. The smallest absolute Gasteiger partial charge is 0.164 e. The molecule has 0 saturated heterocycles. The second-order valence-corrected chi connectivity index (χ2v) is 14.9. The molecular formula is C52H37N3O. The first-order valence-corrected chi connectivity index (χ1v) is 19.6. The average Bonchev–Trinajstić information content (AvgIpc) is 3.57. The van der Waals surface area contributed by atoms with Crippen LogP contribution in [0.15, 0.2) is 198 Å². The van der Waals surface area contributed by atoms with Crippen molar-refractivity contribution in [1.82, 2.24) is 15.0 Å². The van der Waals surface area contributed by atoms with Crippen LogP contribution in [0.2, 0.25) is 0 Å². The zero-order valence-electron chi connectivity index (χ0n) is 30.8. The third-order valence-electron chi connectivity index (χ3n) is 11.8. The van der Waals surface area contributed by atoms with Crippen LogP contribution in [0.3, 0.4) is 0 Å². The fraction of sp³-hybridized carbons (Fsp3) is 0.0962. The van der Waals surface area contributed by atoms with Crippen LogP contribution in [-0.2, 0) is 5.41 Å². The Morgan fingerprint density at radius 2 is 0.946 bits per heavy atom. The van der Waals surface area contributed by atoms with E-state index in [1.165, 1.54) is 33.4 Å². The maximum Gasteiger partial charge on any atom is 0.164 e. The maximum atomic E-state index is 6.97. The van der Waals surface area contributed by atoms with Crippen LogP contribution < -0.4 is 4.74 Å². The molecular weight excluding hydrogens is 683 g/mol. The van der Waals surface area contributed by atoms with Gasteiger partial charge in [0.1, 0.15) is 11.5 Å². The molecule has 0 radical (unpaired) electrons. The zero-order valence-corrected chi connectivity index (χ0v) is 30.8. The monoisotopic (exact) mass is 719 g/mol. The molecule has 56 heavy (non-hydrogen) atoms. The number of hydrogen-bond acceptors (Lipinski definition) is 4. The molecule has 4 heteroatoms. The highest BCUT2D eigenvalue weighted by molar-refractivity contribution is 5.84. The molecule has 0 bridgehead atoms. The predicted octanol–water partition coefficient (Wildman–Crippen LogP) is 12.9. The lowest BCUT2D eigenvalue weighted by atomic mass is 9.62. The van der Waals surface area contributed by atoms with Gasteiger partial charge in [-0.2, -0.15) is 0 Å². The molecule has 1 spiro atoms. The summed E-state index contributed by atoms with van der Waals surface area (Å²) in [5.74, 6) is 3.86. The summed E-state index contributed by atoms with van der Waals surface area (Å²) in [6.07, 6.45) is 13.6. The number of allylic oxidation sites excluding steroid dienone is 8. The molecule has 0 fully saturated rings. The summed E-state index contributed by atoms with van der Waals surface area (Å²) in [4.78, 5) is 14.8. The van der Waals surface area contributed by atoms with Crippen molar-refractivity contribution < 1.29 is 4.74 Å². The van der Waals surface area contributed by atoms with Crippen molar-refractivity contribution in [2.45, 2.75) is 31.1 Å². The van der Waals surface area contributed by atoms with Crippen molar-refractivity contribution in [3.63, 3.8) is 0 Å². The molecule has 2 heterocycles. The second-order valence-electron chi connectivity index (χ2n) is 14.9. The largest absolute Gasteiger partial charge is 0.456 e. The fourth-order valence-electron chi connectivity index (χ4n) is 9.35. The van der Waals surface area contributed by atoms with Gasteiger partial charge in [-0.1, -0.05) is 164 Å². The normalized spacial score (nSPS) is 15.9. The first-order valence-electron chi connectivity index (χ1n) is 19.6. The number of fused-ring (bicyclic) bond motifs is 7. The number of rotatable bonds is 5. The van der Waals surface area contributed by atoms with Crippen LogP contribution >= 0.6 is 0 Å². The molecule has 11 rings (SSSR count). The van der Waals surface area contributed by atoms with Crippen LogP contribution in [0.5, 0.6) is 11.5 Å². The molecule has 6 aromatic carbocycles. The lowest BCUT2D eigenvalue weighted by molar-refractivity contribution is 0.428. The van der Waals surface area contributed by atoms with Crippen molar-refractivity contribution >= 4 is 0 Å². The summed E-state index contributed by atoms with van der Waals surface area (Å²) in [6, 6.07) is 53.1. The van der Waals surface area contributed by atoms with Crippen LogP contribution in [-0.4, -0.2) is 15.0 Å². The van der Waals surface area contributed by atoms with Gasteiger partial charge >= 0.3 is 0 Å². The van der Waals surface area contributed by atoms with E-state index in [1.54, 1.807) is 0 Å². The van der Waals surface area contributed by atoms with Gasteiger partial charge in [0.15, 0.2) is 17.5 Å². The van der Waals surface area contributed by atoms with E-state index in [2.05, 4.69) is 115 Å². The summed E-state index contributed by atoms with van der Waals surface area (Å²) in [5.41, 5.74) is 15.4.